The normalized spacial score (nSPS) is 24.2. The van der Waals surface area contributed by atoms with Crippen LogP contribution in [0.2, 0.25) is 0 Å². The minimum Gasteiger partial charge on any atom is -0.341 e. The average Bonchev–Trinajstić information content (AvgIpc) is 2.12. The molecule has 1 saturated heterocycles. The molecular formula is C10H17NOS. The Kier molecular flexibility index (Phi) is 3.14. The SMILES string of the molecule is O=C(CC1CCC1)N1CCSCC1. The van der Waals surface area contributed by atoms with Gasteiger partial charge in [0.15, 0.2) is 0 Å². The van der Waals surface area contributed by atoms with Crippen molar-refractivity contribution >= 4 is 17.7 Å². The lowest BCUT2D eigenvalue weighted by Gasteiger charge is -2.30. The summed E-state index contributed by atoms with van der Waals surface area (Å²) in [5.74, 6) is 3.40. The minimum atomic E-state index is 0.407. The first-order valence-corrected chi connectivity index (χ1v) is 6.37. The Bertz CT molecular complexity index is 185. The first kappa shape index (κ1) is 9.38. The fraction of sp³-hybridized carbons (Fsp3) is 0.900. The Labute approximate surface area is 84.1 Å². The molecule has 0 unspecified atom stereocenters. The zero-order chi connectivity index (χ0) is 9.10. The largest absolute Gasteiger partial charge is 0.341 e. The van der Waals surface area contributed by atoms with Crippen LogP contribution in [0.15, 0.2) is 0 Å². The predicted molar refractivity (Wildman–Crippen MR) is 55.9 cm³/mol. The number of nitrogens with zero attached hydrogens (tertiary/aromatic N) is 1. The molecule has 0 spiro atoms. The van der Waals surface area contributed by atoms with Crippen LogP contribution in [0.3, 0.4) is 0 Å². The number of hydrogen-bond acceptors (Lipinski definition) is 2. The van der Waals surface area contributed by atoms with Crippen molar-refractivity contribution in [1.29, 1.82) is 0 Å². The van der Waals surface area contributed by atoms with Crippen LogP contribution in [-0.2, 0) is 4.79 Å². The highest BCUT2D eigenvalue weighted by atomic mass is 32.2. The van der Waals surface area contributed by atoms with Crippen molar-refractivity contribution in [3.05, 3.63) is 0 Å². The summed E-state index contributed by atoms with van der Waals surface area (Å²) in [5, 5.41) is 0. The standard InChI is InChI=1S/C10H17NOS/c12-10(8-9-2-1-3-9)11-4-6-13-7-5-11/h9H,1-8H2. The van der Waals surface area contributed by atoms with E-state index in [1.54, 1.807) is 0 Å². The van der Waals surface area contributed by atoms with Gasteiger partial charge in [-0.05, 0) is 18.8 Å². The van der Waals surface area contributed by atoms with Gasteiger partial charge < -0.3 is 4.90 Å². The van der Waals surface area contributed by atoms with Gasteiger partial charge in [-0.15, -0.1) is 0 Å². The molecule has 2 rings (SSSR count). The number of amides is 1. The monoisotopic (exact) mass is 199 g/mol. The van der Waals surface area contributed by atoms with Crippen molar-refractivity contribution in [3.63, 3.8) is 0 Å². The average molecular weight is 199 g/mol. The first-order chi connectivity index (χ1) is 6.36. The maximum Gasteiger partial charge on any atom is 0.222 e. The molecule has 74 valence electrons. The summed E-state index contributed by atoms with van der Waals surface area (Å²) >= 11 is 1.96. The van der Waals surface area contributed by atoms with Gasteiger partial charge in [0, 0.05) is 31.0 Å². The molecule has 0 aromatic carbocycles. The maximum atomic E-state index is 11.7. The fourth-order valence-electron chi connectivity index (χ4n) is 1.89. The van der Waals surface area contributed by atoms with Gasteiger partial charge in [-0.2, -0.15) is 11.8 Å². The maximum absolute atomic E-state index is 11.7. The highest BCUT2D eigenvalue weighted by Crippen LogP contribution is 2.30. The van der Waals surface area contributed by atoms with Crippen LogP contribution in [-0.4, -0.2) is 35.4 Å². The van der Waals surface area contributed by atoms with E-state index in [1.807, 2.05) is 11.8 Å². The van der Waals surface area contributed by atoms with Crippen molar-refractivity contribution < 1.29 is 4.79 Å². The molecule has 2 nitrogen and oxygen atoms in total. The highest BCUT2D eigenvalue weighted by Gasteiger charge is 2.24. The Balaban J connectivity index is 1.74. The zero-order valence-corrected chi connectivity index (χ0v) is 8.81. The van der Waals surface area contributed by atoms with Gasteiger partial charge >= 0.3 is 0 Å². The summed E-state index contributed by atoms with van der Waals surface area (Å²) in [6.45, 7) is 1.96. The summed E-state index contributed by atoms with van der Waals surface area (Å²) in [7, 11) is 0. The fourth-order valence-corrected chi connectivity index (χ4v) is 2.79. The Hall–Kier alpha value is -0.180. The van der Waals surface area contributed by atoms with E-state index in [1.165, 1.54) is 19.3 Å². The van der Waals surface area contributed by atoms with Crippen molar-refractivity contribution in [3.8, 4) is 0 Å². The molecule has 1 heterocycles. The van der Waals surface area contributed by atoms with Crippen molar-refractivity contribution in [2.24, 2.45) is 5.92 Å². The molecule has 2 fully saturated rings. The molecule has 3 heteroatoms. The molecular weight excluding hydrogens is 182 g/mol. The van der Waals surface area contributed by atoms with E-state index in [-0.39, 0.29) is 0 Å². The van der Waals surface area contributed by atoms with Crippen LogP contribution in [0.1, 0.15) is 25.7 Å². The quantitative estimate of drug-likeness (QED) is 0.675. The van der Waals surface area contributed by atoms with Gasteiger partial charge in [-0.1, -0.05) is 6.42 Å². The molecule has 0 atom stereocenters. The van der Waals surface area contributed by atoms with E-state index in [0.717, 1.165) is 36.9 Å². The number of thioether (sulfide) groups is 1. The zero-order valence-electron chi connectivity index (χ0n) is 8.00. The Morgan fingerprint density at radius 2 is 2.00 bits per heavy atom. The second-order valence-electron chi connectivity index (χ2n) is 3.99. The summed E-state index contributed by atoms with van der Waals surface area (Å²) < 4.78 is 0. The number of carbonyl (C=O) groups is 1. The molecule has 2 aliphatic rings. The van der Waals surface area contributed by atoms with Gasteiger partial charge in [0.05, 0.1) is 0 Å². The van der Waals surface area contributed by atoms with Crippen molar-refractivity contribution in [2.45, 2.75) is 25.7 Å². The van der Waals surface area contributed by atoms with E-state index < -0.39 is 0 Å². The second-order valence-corrected chi connectivity index (χ2v) is 5.22. The number of hydrogen-bond donors (Lipinski definition) is 0. The molecule has 1 aliphatic heterocycles. The van der Waals surface area contributed by atoms with E-state index in [9.17, 15) is 4.79 Å². The van der Waals surface area contributed by atoms with Gasteiger partial charge in [-0.25, -0.2) is 0 Å². The van der Waals surface area contributed by atoms with Crippen LogP contribution in [0.5, 0.6) is 0 Å². The third-order valence-corrected chi connectivity index (χ3v) is 3.99. The Morgan fingerprint density at radius 3 is 2.54 bits per heavy atom. The van der Waals surface area contributed by atoms with E-state index in [2.05, 4.69) is 4.90 Å². The molecule has 1 amide bonds. The van der Waals surface area contributed by atoms with Crippen LogP contribution in [0, 0.1) is 5.92 Å². The van der Waals surface area contributed by atoms with Gasteiger partial charge in [-0.3, -0.25) is 4.79 Å². The third-order valence-electron chi connectivity index (χ3n) is 3.05. The van der Waals surface area contributed by atoms with E-state index in [4.69, 9.17) is 0 Å². The molecule has 0 N–H and O–H groups in total. The van der Waals surface area contributed by atoms with Crippen molar-refractivity contribution in [2.75, 3.05) is 24.6 Å². The summed E-state index contributed by atoms with van der Waals surface area (Å²) in [5.41, 5.74) is 0. The number of rotatable bonds is 2. The molecule has 1 saturated carbocycles. The van der Waals surface area contributed by atoms with Gasteiger partial charge in [0.2, 0.25) is 5.91 Å². The van der Waals surface area contributed by atoms with Gasteiger partial charge in [0.25, 0.3) is 0 Å². The molecule has 13 heavy (non-hydrogen) atoms. The predicted octanol–water partition coefficient (Wildman–Crippen LogP) is 1.75. The lowest BCUT2D eigenvalue weighted by atomic mass is 9.82. The minimum absolute atomic E-state index is 0.407. The van der Waals surface area contributed by atoms with Crippen molar-refractivity contribution in [1.82, 2.24) is 4.90 Å². The van der Waals surface area contributed by atoms with E-state index in [0.29, 0.717) is 5.91 Å². The molecule has 0 aromatic rings. The van der Waals surface area contributed by atoms with Gasteiger partial charge in [0.1, 0.15) is 0 Å². The Morgan fingerprint density at radius 1 is 1.31 bits per heavy atom. The lowest BCUT2D eigenvalue weighted by molar-refractivity contribution is -0.132. The lowest BCUT2D eigenvalue weighted by Crippen LogP contribution is -2.39. The smallest absolute Gasteiger partial charge is 0.222 e. The summed E-state index contributed by atoms with van der Waals surface area (Å²) in [6, 6.07) is 0. The van der Waals surface area contributed by atoms with Crippen LogP contribution >= 0.6 is 11.8 Å². The molecule has 1 aliphatic carbocycles. The summed E-state index contributed by atoms with van der Waals surface area (Å²) in [4.78, 5) is 13.8. The van der Waals surface area contributed by atoms with Crippen LogP contribution in [0.4, 0.5) is 0 Å². The number of carbonyl (C=O) groups excluding carboxylic acids is 1. The second kappa shape index (κ2) is 4.36. The highest BCUT2D eigenvalue weighted by molar-refractivity contribution is 7.99. The van der Waals surface area contributed by atoms with Crippen LogP contribution in [0.25, 0.3) is 0 Å². The topological polar surface area (TPSA) is 20.3 Å². The van der Waals surface area contributed by atoms with Crippen LogP contribution < -0.4 is 0 Å². The first-order valence-electron chi connectivity index (χ1n) is 5.22. The summed E-state index contributed by atoms with van der Waals surface area (Å²) in [6.07, 6.45) is 4.74. The third kappa shape index (κ3) is 2.39. The molecule has 0 aromatic heterocycles. The van der Waals surface area contributed by atoms with E-state index >= 15 is 0 Å². The molecule has 0 radical (unpaired) electrons. The molecule has 0 bridgehead atoms.